The van der Waals surface area contributed by atoms with Gasteiger partial charge in [0.25, 0.3) is 0 Å². The van der Waals surface area contributed by atoms with Gasteiger partial charge >= 0.3 is 0 Å². The molecule has 2 rings (SSSR count). The van der Waals surface area contributed by atoms with Gasteiger partial charge in [0.05, 0.1) is 11.3 Å². The van der Waals surface area contributed by atoms with Crippen LogP contribution in [0.1, 0.15) is 46.1 Å². The van der Waals surface area contributed by atoms with Gasteiger partial charge in [0.15, 0.2) is 0 Å². The summed E-state index contributed by atoms with van der Waals surface area (Å²) >= 11 is 0. The summed E-state index contributed by atoms with van der Waals surface area (Å²) in [5.74, 6) is 3.81. The maximum atomic E-state index is 6.21. The van der Waals surface area contributed by atoms with Gasteiger partial charge in [-0.3, -0.25) is 4.99 Å². The van der Waals surface area contributed by atoms with Crippen molar-refractivity contribution in [2.75, 3.05) is 17.3 Å². The lowest BCUT2D eigenvalue weighted by Crippen LogP contribution is -2.45. The van der Waals surface area contributed by atoms with Crippen molar-refractivity contribution < 1.29 is 0 Å². The lowest BCUT2D eigenvalue weighted by Gasteiger charge is -2.39. The van der Waals surface area contributed by atoms with E-state index in [9.17, 15) is 0 Å². The first-order chi connectivity index (χ1) is 13.7. The van der Waals surface area contributed by atoms with E-state index in [1.165, 1.54) is 6.33 Å². The molecule has 1 aliphatic rings. The van der Waals surface area contributed by atoms with Crippen LogP contribution in [0.25, 0.3) is 0 Å². The smallest absolute Gasteiger partial charge is 0.145 e. The Bertz CT molecular complexity index is 974. The van der Waals surface area contributed by atoms with Gasteiger partial charge in [-0.1, -0.05) is 31.4 Å². The van der Waals surface area contributed by atoms with E-state index >= 15 is 0 Å². The molecule has 2 heterocycles. The molecule has 0 radical (unpaired) electrons. The Labute approximate surface area is 174 Å². The van der Waals surface area contributed by atoms with Crippen LogP contribution in [-0.2, 0) is 0 Å². The van der Waals surface area contributed by atoms with Crippen molar-refractivity contribution in [1.29, 1.82) is 0 Å². The minimum atomic E-state index is -0.138. The second-order valence-electron chi connectivity index (χ2n) is 7.79. The molecule has 0 saturated heterocycles. The van der Waals surface area contributed by atoms with Crippen LogP contribution in [-0.4, -0.2) is 27.9 Å². The fraction of sp³-hybridized carbons (Fsp3) is 0.333. The second kappa shape index (κ2) is 9.23. The van der Waals surface area contributed by atoms with Gasteiger partial charge in [-0.25, -0.2) is 9.97 Å². The Hall–Kier alpha value is -3.35. The van der Waals surface area contributed by atoms with Crippen molar-refractivity contribution in [3.05, 3.63) is 65.7 Å². The number of terminal acetylenes is 1. The summed E-state index contributed by atoms with van der Waals surface area (Å²) < 4.78 is 0. The molecular formula is C24H29N5. The number of nitrogen functional groups attached to an aromatic ring is 1. The van der Waals surface area contributed by atoms with Crippen molar-refractivity contribution in [3.63, 3.8) is 0 Å². The van der Waals surface area contributed by atoms with Crippen molar-refractivity contribution in [2.45, 2.75) is 46.1 Å². The van der Waals surface area contributed by atoms with E-state index in [1.807, 2.05) is 19.1 Å². The first-order valence-corrected chi connectivity index (χ1v) is 9.49. The van der Waals surface area contributed by atoms with Crippen LogP contribution < -0.4 is 10.6 Å². The van der Waals surface area contributed by atoms with Gasteiger partial charge in [-0.05, 0) is 44.4 Å². The molecule has 5 heteroatoms. The van der Waals surface area contributed by atoms with Gasteiger partial charge in [0, 0.05) is 18.4 Å². The van der Waals surface area contributed by atoms with Crippen molar-refractivity contribution in [3.8, 4) is 12.3 Å². The molecule has 0 aliphatic carbocycles. The molecule has 0 atom stereocenters. The Balaban J connectivity index is 2.42. The van der Waals surface area contributed by atoms with E-state index in [0.717, 1.165) is 33.8 Å². The highest BCUT2D eigenvalue weighted by atomic mass is 15.3. The molecule has 0 unspecified atom stereocenters. The number of nitrogens with two attached hydrogens (primary N) is 1. The summed E-state index contributed by atoms with van der Waals surface area (Å²) in [6.45, 7) is 16.8. The average Bonchev–Trinajstić information content (AvgIpc) is 2.66. The number of anilines is 2. The highest BCUT2D eigenvalue weighted by Gasteiger charge is 2.31. The fourth-order valence-electron chi connectivity index (χ4n) is 2.91. The monoisotopic (exact) mass is 387 g/mol. The van der Waals surface area contributed by atoms with Crippen LogP contribution in [0, 0.1) is 12.3 Å². The SMILES string of the molecule is C#CC/C=C\C(=C)C(C)=C=C(C=C)CC1=NCN(C(C)(C)C)c2ncnc(N)c21. The maximum Gasteiger partial charge on any atom is 0.145 e. The highest BCUT2D eigenvalue weighted by molar-refractivity contribution is 6.10. The van der Waals surface area contributed by atoms with Gasteiger partial charge in [-0.15, -0.1) is 18.1 Å². The maximum absolute atomic E-state index is 6.21. The van der Waals surface area contributed by atoms with E-state index in [2.05, 4.69) is 60.4 Å². The van der Waals surface area contributed by atoms with Gasteiger partial charge in [-0.2, -0.15) is 0 Å². The molecule has 0 fully saturated rings. The molecule has 0 bridgehead atoms. The predicted octanol–water partition coefficient (Wildman–Crippen LogP) is 4.61. The number of fused-ring (bicyclic) bond motifs is 1. The molecular weight excluding hydrogens is 358 g/mol. The third kappa shape index (κ3) is 5.34. The number of allylic oxidation sites excluding steroid dienone is 5. The molecule has 0 aromatic carbocycles. The minimum Gasteiger partial charge on any atom is -0.383 e. The molecule has 0 amide bonds. The summed E-state index contributed by atoms with van der Waals surface area (Å²) in [6.07, 6.45) is 13.5. The van der Waals surface area contributed by atoms with E-state index < -0.39 is 0 Å². The zero-order valence-electron chi connectivity index (χ0n) is 17.8. The first kappa shape index (κ1) is 21.9. The largest absolute Gasteiger partial charge is 0.383 e. The van der Waals surface area contributed by atoms with Crippen LogP contribution in [0.2, 0.25) is 0 Å². The Kier molecular flexibility index (Phi) is 6.98. The van der Waals surface area contributed by atoms with Crippen molar-refractivity contribution in [1.82, 2.24) is 9.97 Å². The van der Waals surface area contributed by atoms with E-state index in [0.29, 0.717) is 25.3 Å². The van der Waals surface area contributed by atoms with Crippen molar-refractivity contribution in [2.24, 2.45) is 4.99 Å². The second-order valence-corrected chi connectivity index (χ2v) is 7.79. The first-order valence-electron chi connectivity index (χ1n) is 9.49. The molecule has 2 N–H and O–H groups in total. The summed E-state index contributed by atoms with van der Waals surface area (Å²) in [7, 11) is 0. The summed E-state index contributed by atoms with van der Waals surface area (Å²) in [5.41, 5.74) is 13.7. The van der Waals surface area contributed by atoms with E-state index in [4.69, 9.17) is 17.1 Å². The van der Waals surface area contributed by atoms with Gasteiger partial charge in [0.2, 0.25) is 0 Å². The van der Waals surface area contributed by atoms with Crippen LogP contribution in [0.15, 0.2) is 65.2 Å². The number of aromatic nitrogens is 2. The predicted molar refractivity (Wildman–Crippen MR) is 123 cm³/mol. The topological polar surface area (TPSA) is 67.4 Å². The van der Waals surface area contributed by atoms with E-state index in [-0.39, 0.29) is 5.54 Å². The Morgan fingerprint density at radius 3 is 2.72 bits per heavy atom. The third-order valence-electron chi connectivity index (χ3n) is 4.60. The number of rotatable bonds is 6. The van der Waals surface area contributed by atoms with E-state index in [1.54, 1.807) is 6.08 Å². The third-order valence-corrected chi connectivity index (χ3v) is 4.60. The number of hydrogen-bond donors (Lipinski definition) is 1. The van der Waals surface area contributed by atoms with Crippen LogP contribution >= 0.6 is 0 Å². The van der Waals surface area contributed by atoms with Gasteiger partial charge in [0.1, 0.15) is 24.6 Å². The number of hydrogen-bond acceptors (Lipinski definition) is 5. The molecule has 150 valence electrons. The lowest BCUT2D eigenvalue weighted by atomic mass is 9.98. The number of aliphatic imine (C=N–C) groups is 1. The summed E-state index contributed by atoms with van der Waals surface area (Å²) in [5, 5.41) is 0. The van der Waals surface area contributed by atoms with Crippen LogP contribution in [0.5, 0.6) is 0 Å². The summed E-state index contributed by atoms with van der Waals surface area (Å²) in [6, 6.07) is 0. The molecule has 29 heavy (non-hydrogen) atoms. The molecule has 1 aromatic rings. The zero-order chi connectivity index (χ0) is 21.6. The lowest BCUT2D eigenvalue weighted by molar-refractivity contribution is 0.501. The summed E-state index contributed by atoms with van der Waals surface area (Å²) in [4.78, 5) is 15.6. The normalized spacial score (nSPS) is 13.2. The van der Waals surface area contributed by atoms with Gasteiger partial charge < -0.3 is 10.6 Å². The quantitative estimate of drug-likeness (QED) is 0.440. The average molecular weight is 388 g/mol. The van der Waals surface area contributed by atoms with Crippen LogP contribution in [0.4, 0.5) is 11.6 Å². The number of nitrogens with zero attached hydrogens (tertiary/aromatic N) is 4. The highest BCUT2D eigenvalue weighted by Crippen LogP contribution is 2.33. The van der Waals surface area contributed by atoms with Crippen LogP contribution in [0.3, 0.4) is 0 Å². The molecule has 0 saturated carbocycles. The molecule has 1 aliphatic heterocycles. The molecule has 1 aromatic heterocycles. The minimum absolute atomic E-state index is 0.138. The Morgan fingerprint density at radius 2 is 2.10 bits per heavy atom. The van der Waals surface area contributed by atoms with Crippen molar-refractivity contribution >= 4 is 17.3 Å². The molecule has 0 spiro atoms. The molecule has 5 nitrogen and oxygen atoms in total. The zero-order valence-corrected chi connectivity index (χ0v) is 17.8. The fourth-order valence-corrected chi connectivity index (χ4v) is 2.91. The Morgan fingerprint density at radius 1 is 1.38 bits per heavy atom. The standard InChI is InChI=1S/C24H29N5/c1-8-10-11-12-17(3)18(4)13-19(9-2)14-20-21-22(25)26-15-27-23(21)29(16-28-20)24(5,6)7/h1,9,11-12,15H,2-3,10,14,16H2,4-7H3,(H2,25,26,27)/b12-11-.